The first-order valence-electron chi connectivity index (χ1n) is 12.6. The topological polar surface area (TPSA) is 87.0 Å². The second-order valence-electron chi connectivity index (χ2n) is 9.37. The molecule has 10 heteroatoms. The van der Waals surface area contributed by atoms with E-state index in [-0.39, 0.29) is 24.7 Å². The number of hydrogen-bond acceptors (Lipinski definition) is 5. The highest BCUT2D eigenvalue weighted by Crippen LogP contribution is 2.36. The van der Waals surface area contributed by atoms with Gasteiger partial charge in [0.05, 0.1) is 23.9 Å². The summed E-state index contributed by atoms with van der Waals surface area (Å²) in [4.78, 5) is 11.8. The number of benzene rings is 1. The molecule has 5 atom stereocenters. The molecule has 1 aliphatic carbocycles. The summed E-state index contributed by atoms with van der Waals surface area (Å²) >= 11 is 0. The molecule has 5 nitrogen and oxygen atoms in total. The van der Waals surface area contributed by atoms with E-state index in [1.807, 2.05) is 6.08 Å². The maximum Gasteiger partial charge on any atom is 0.306 e. The zero-order valence-corrected chi connectivity index (χ0v) is 20.8. The number of hydrogen-bond donors (Lipinski definition) is 3. The first kappa shape index (κ1) is 30.9. The Morgan fingerprint density at radius 1 is 0.973 bits per heavy atom. The fourth-order valence-electron chi connectivity index (χ4n) is 4.40. The molecular formula is C27H35F5O5. The number of rotatable bonds is 14. The zero-order chi connectivity index (χ0) is 27.5. The highest BCUT2D eigenvalue weighted by Gasteiger charge is 2.39. The third kappa shape index (κ3) is 8.90. The largest absolute Gasteiger partial charge is 0.461 e. The quantitative estimate of drug-likeness (QED) is 0.0744. The number of allylic oxidation sites excluding steroid dienone is 2. The van der Waals surface area contributed by atoms with Gasteiger partial charge in [0.15, 0.2) is 23.3 Å². The number of halogens is 5. The van der Waals surface area contributed by atoms with E-state index in [0.717, 1.165) is 19.3 Å². The second kappa shape index (κ2) is 15.2. The van der Waals surface area contributed by atoms with Crippen molar-refractivity contribution in [1.82, 2.24) is 0 Å². The molecule has 0 unspecified atom stereocenters. The fraction of sp³-hybridized carbons (Fsp3) is 0.593. The van der Waals surface area contributed by atoms with E-state index in [2.05, 4.69) is 11.7 Å². The van der Waals surface area contributed by atoms with Crippen molar-refractivity contribution in [3.05, 3.63) is 59.0 Å². The molecule has 1 aromatic carbocycles. The summed E-state index contributed by atoms with van der Waals surface area (Å²) < 4.78 is 71.4. The van der Waals surface area contributed by atoms with Gasteiger partial charge in [-0.15, -0.1) is 0 Å². The van der Waals surface area contributed by atoms with Crippen molar-refractivity contribution in [2.45, 2.75) is 89.6 Å². The van der Waals surface area contributed by atoms with Crippen molar-refractivity contribution >= 4 is 5.97 Å². The third-order valence-corrected chi connectivity index (χ3v) is 6.58. The molecule has 1 fully saturated rings. The van der Waals surface area contributed by atoms with Crippen LogP contribution in [0.4, 0.5) is 22.0 Å². The van der Waals surface area contributed by atoms with Gasteiger partial charge in [-0.2, -0.15) is 0 Å². The van der Waals surface area contributed by atoms with Crippen molar-refractivity contribution in [2.75, 3.05) is 0 Å². The summed E-state index contributed by atoms with van der Waals surface area (Å²) in [6.07, 6.45) is 10.1. The normalized spacial score (nSPS) is 22.8. The molecule has 208 valence electrons. The van der Waals surface area contributed by atoms with E-state index in [4.69, 9.17) is 0 Å². The van der Waals surface area contributed by atoms with Crippen molar-refractivity contribution < 1.29 is 46.8 Å². The first-order valence-corrected chi connectivity index (χ1v) is 12.6. The lowest BCUT2D eigenvalue weighted by Gasteiger charge is -2.19. The SMILES string of the molecule is CCCCC[C@H](O)/C=C/[C@@H]1[C@@H](C/C=C/CCCC(=O)OCc2c(F)c(F)c(F)c(F)c2F)[C@@H](O)C[C@H]1O. The molecule has 1 saturated carbocycles. The van der Waals surface area contributed by atoms with Gasteiger partial charge in [-0.05, 0) is 31.6 Å². The van der Waals surface area contributed by atoms with E-state index in [1.54, 1.807) is 18.2 Å². The Kier molecular flexibility index (Phi) is 12.7. The molecule has 0 heterocycles. The third-order valence-electron chi connectivity index (χ3n) is 6.58. The highest BCUT2D eigenvalue weighted by atomic mass is 19.2. The minimum Gasteiger partial charge on any atom is -0.461 e. The Labute approximate surface area is 213 Å². The van der Waals surface area contributed by atoms with E-state index >= 15 is 0 Å². The van der Waals surface area contributed by atoms with Crippen LogP contribution in [0, 0.1) is 40.9 Å². The van der Waals surface area contributed by atoms with Crippen LogP contribution in [0.1, 0.15) is 70.3 Å². The van der Waals surface area contributed by atoms with Crippen LogP contribution in [0.2, 0.25) is 0 Å². The zero-order valence-electron chi connectivity index (χ0n) is 20.8. The summed E-state index contributed by atoms with van der Waals surface area (Å²) in [5, 5.41) is 30.7. The fourth-order valence-corrected chi connectivity index (χ4v) is 4.40. The Bertz CT molecular complexity index is 923. The van der Waals surface area contributed by atoms with Gasteiger partial charge in [0.25, 0.3) is 0 Å². The highest BCUT2D eigenvalue weighted by molar-refractivity contribution is 5.69. The molecule has 1 aliphatic rings. The van der Waals surface area contributed by atoms with Crippen molar-refractivity contribution in [3.63, 3.8) is 0 Å². The molecular weight excluding hydrogens is 499 g/mol. The number of aliphatic hydroxyl groups excluding tert-OH is 3. The molecule has 2 rings (SSSR count). The Morgan fingerprint density at radius 3 is 2.27 bits per heavy atom. The molecule has 0 saturated heterocycles. The van der Waals surface area contributed by atoms with Crippen molar-refractivity contribution in [1.29, 1.82) is 0 Å². The summed E-state index contributed by atoms with van der Waals surface area (Å²) in [6.45, 7) is 1.00. The van der Waals surface area contributed by atoms with Crippen LogP contribution in [-0.4, -0.2) is 39.6 Å². The van der Waals surface area contributed by atoms with E-state index in [9.17, 15) is 42.1 Å². The lowest BCUT2D eigenvalue weighted by molar-refractivity contribution is -0.145. The van der Waals surface area contributed by atoms with Gasteiger partial charge in [0.1, 0.15) is 6.61 Å². The molecule has 0 bridgehead atoms. The van der Waals surface area contributed by atoms with Gasteiger partial charge in [-0.3, -0.25) is 4.79 Å². The van der Waals surface area contributed by atoms with Gasteiger partial charge in [-0.1, -0.05) is 50.5 Å². The van der Waals surface area contributed by atoms with Crippen molar-refractivity contribution in [2.24, 2.45) is 11.8 Å². The lowest BCUT2D eigenvalue weighted by atomic mass is 9.89. The second-order valence-corrected chi connectivity index (χ2v) is 9.37. The molecule has 1 aromatic rings. The minimum absolute atomic E-state index is 0.133. The number of ether oxygens (including phenoxy) is 1. The van der Waals surface area contributed by atoms with Crippen LogP contribution in [0.3, 0.4) is 0 Å². The van der Waals surface area contributed by atoms with E-state index < -0.39 is 65.5 Å². The number of carbonyl (C=O) groups excluding carboxylic acids is 1. The maximum atomic E-state index is 13.6. The first-order chi connectivity index (χ1) is 17.6. The lowest BCUT2D eigenvalue weighted by Crippen LogP contribution is -2.20. The smallest absolute Gasteiger partial charge is 0.306 e. The molecule has 3 N–H and O–H groups in total. The predicted molar refractivity (Wildman–Crippen MR) is 127 cm³/mol. The van der Waals surface area contributed by atoms with Crippen LogP contribution >= 0.6 is 0 Å². The Hall–Kier alpha value is -2.30. The van der Waals surface area contributed by atoms with Crippen LogP contribution in [0.25, 0.3) is 0 Å². The predicted octanol–water partition coefficient (Wildman–Crippen LogP) is 5.40. The number of carbonyl (C=O) groups is 1. The summed E-state index contributed by atoms with van der Waals surface area (Å²) in [7, 11) is 0. The maximum absolute atomic E-state index is 13.6. The van der Waals surface area contributed by atoms with Gasteiger partial charge >= 0.3 is 5.97 Å². The van der Waals surface area contributed by atoms with Crippen molar-refractivity contribution in [3.8, 4) is 0 Å². The van der Waals surface area contributed by atoms with E-state index in [1.165, 1.54) is 0 Å². The van der Waals surface area contributed by atoms with Gasteiger partial charge in [0, 0.05) is 18.8 Å². The monoisotopic (exact) mass is 534 g/mol. The summed E-state index contributed by atoms with van der Waals surface area (Å²) in [5.74, 6) is -11.9. The summed E-state index contributed by atoms with van der Waals surface area (Å²) in [5.41, 5.74) is -1.21. The van der Waals surface area contributed by atoms with Gasteiger partial charge in [0.2, 0.25) is 5.82 Å². The molecule has 0 aromatic heterocycles. The van der Waals surface area contributed by atoms with Gasteiger partial charge < -0.3 is 20.1 Å². The number of esters is 1. The average Bonchev–Trinajstić information content (AvgIpc) is 3.14. The van der Waals surface area contributed by atoms with E-state index in [0.29, 0.717) is 25.7 Å². The molecule has 37 heavy (non-hydrogen) atoms. The number of unbranched alkanes of at least 4 members (excludes halogenated alkanes) is 3. The molecule has 0 amide bonds. The van der Waals surface area contributed by atoms with Crippen LogP contribution in [0.5, 0.6) is 0 Å². The number of aliphatic hydroxyl groups is 3. The summed E-state index contributed by atoms with van der Waals surface area (Å²) in [6, 6.07) is 0. The Balaban J connectivity index is 1.76. The van der Waals surface area contributed by atoms with Crippen LogP contribution in [-0.2, 0) is 16.1 Å². The Morgan fingerprint density at radius 2 is 1.62 bits per heavy atom. The molecule has 0 aliphatic heterocycles. The standard InChI is InChI=1S/C27H35F5O5/c1-2-3-6-9-16(33)12-13-18-17(20(34)14-21(18)35)10-7-4-5-8-11-22(36)37-15-19-23(28)25(30)27(32)26(31)24(19)29/h4,7,12-13,16-18,20-21,33-35H,2-3,5-6,8-11,14-15H2,1H3/b7-4+,13-12+/t16-,17+,18+,20-,21+/m0/s1. The van der Waals surface area contributed by atoms with Gasteiger partial charge in [-0.25, -0.2) is 22.0 Å². The van der Waals surface area contributed by atoms with Crippen LogP contribution < -0.4 is 0 Å². The molecule has 0 spiro atoms. The average molecular weight is 535 g/mol. The minimum atomic E-state index is -2.28. The molecule has 0 radical (unpaired) electrons. The van der Waals surface area contributed by atoms with Crippen LogP contribution in [0.15, 0.2) is 24.3 Å².